The summed E-state index contributed by atoms with van der Waals surface area (Å²) in [5.41, 5.74) is 2.59. The predicted molar refractivity (Wildman–Crippen MR) is 116 cm³/mol. The number of ether oxygens (including phenoxy) is 1. The Labute approximate surface area is 182 Å². The van der Waals surface area contributed by atoms with E-state index in [4.69, 9.17) is 8.85 Å². The van der Waals surface area contributed by atoms with Crippen molar-refractivity contribution in [3.05, 3.63) is 35.5 Å². The van der Waals surface area contributed by atoms with Crippen molar-refractivity contribution in [1.29, 1.82) is 0 Å². The maximum Gasteiger partial charge on any atom is 0.257 e. The lowest BCUT2D eigenvalue weighted by atomic mass is 10.1. The van der Waals surface area contributed by atoms with Gasteiger partial charge in [0.15, 0.2) is 5.65 Å². The zero-order valence-electron chi connectivity index (χ0n) is 20.2. The third-order valence-corrected chi connectivity index (χ3v) is 5.42. The Morgan fingerprint density at radius 3 is 3.00 bits per heavy atom. The van der Waals surface area contributed by atoms with Crippen LogP contribution < -0.4 is 16.0 Å². The first-order valence-corrected chi connectivity index (χ1v) is 9.80. The van der Waals surface area contributed by atoms with Crippen LogP contribution in [0.1, 0.15) is 33.9 Å². The highest BCUT2D eigenvalue weighted by Crippen LogP contribution is 2.28. The summed E-state index contributed by atoms with van der Waals surface area (Å²) in [5, 5.41) is 21.5. The first-order valence-electron chi connectivity index (χ1n) is 11.3. The maximum absolute atomic E-state index is 13.0. The summed E-state index contributed by atoms with van der Waals surface area (Å²) < 4.78 is 31.9. The molecule has 1 aromatic carbocycles. The molecule has 1 aliphatic rings. The summed E-state index contributed by atoms with van der Waals surface area (Å²) in [6.45, 7) is 1.39. The molecule has 0 saturated carbocycles. The van der Waals surface area contributed by atoms with Gasteiger partial charge in [0, 0.05) is 24.2 Å². The second-order valence-electron chi connectivity index (χ2n) is 7.49. The molecule has 4 aromatic rings. The van der Waals surface area contributed by atoms with Crippen LogP contribution in [0.5, 0.6) is 0 Å². The topological polar surface area (TPSA) is 123 Å². The summed E-state index contributed by atoms with van der Waals surface area (Å²) >= 11 is 0. The fourth-order valence-corrected chi connectivity index (χ4v) is 3.54. The molecule has 31 heavy (non-hydrogen) atoms. The largest absolute Gasteiger partial charge is 0.373 e. The van der Waals surface area contributed by atoms with Crippen molar-refractivity contribution in [2.75, 3.05) is 17.7 Å². The van der Waals surface area contributed by atoms with Crippen LogP contribution in [0.4, 0.5) is 17.3 Å². The Kier molecular flexibility index (Phi) is 3.72. The van der Waals surface area contributed by atoms with Crippen LogP contribution in [0, 0.1) is 0 Å². The number of hydrogen-bond acceptors (Lipinski definition) is 8. The van der Waals surface area contributed by atoms with Crippen molar-refractivity contribution in [2.45, 2.75) is 32.6 Å². The minimum absolute atomic E-state index is 0.186. The van der Waals surface area contributed by atoms with Gasteiger partial charge < -0.3 is 20.7 Å². The van der Waals surface area contributed by atoms with E-state index in [0.717, 1.165) is 4.68 Å². The molecular weight excluding hydrogens is 398 g/mol. The second-order valence-corrected chi connectivity index (χ2v) is 7.49. The average molecular weight is 424 g/mol. The highest BCUT2D eigenvalue weighted by atomic mass is 16.5. The van der Waals surface area contributed by atoms with Gasteiger partial charge in [-0.05, 0) is 31.5 Å². The Bertz CT molecular complexity index is 1410. The highest BCUT2D eigenvalue weighted by molar-refractivity contribution is 6.00. The predicted octanol–water partition coefficient (Wildman–Crippen LogP) is 1.83. The van der Waals surface area contributed by atoms with Crippen LogP contribution in [-0.2, 0) is 18.3 Å². The molecule has 2 atom stereocenters. The molecule has 0 aliphatic carbocycles. The molecule has 1 amide bonds. The van der Waals surface area contributed by atoms with Crippen LogP contribution in [0.15, 0.2) is 24.4 Å². The molecule has 0 unspecified atom stereocenters. The van der Waals surface area contributed by atoms with Gasteiger partial charge >= 0.3 is 0 Å². The molecule has 4 heterocycles. The lowest BCUT2D eigenvalue weighted by Gasteiger charge is -2.22. The zero-order chi connectivity index (χ0) is 24.2. The van der Waals surface area contributed by atoms with E-state index >= 15 is 0 Å². The number of aromatic nitrogens is 6. The normalized spacial score (nSPS) is 21.1. The number of hydrogen-bond donors (Lipinski definition) is 3. The van der Waals surface area contributed by atoms with Gasteiger partial charge in [-0.25, -0.2) is 9.67 Å². The Morgan fingerprint density at radius 2 is 2.19 bits per heavy atom. The minimum atomic E-state index is -2.50. The van der Waals surface area contributed by atoms with Gasteiger partial charge in [-0.3, -0.25) is 4.79 Å². The molecule has 3 N–H and O–H groups in total. The monoisotopic (exact) mass is 424 g/mol. The molecule has 1 aliphatic heterocycles. The van der Waals surface area contributed by atoms with Crippen LogP contribution in [-0.4, -0.2) is 54.7 Å². The van der Waals surface area contributed by atoms with Crippen molar-refractivity contribution in [3.8, 4) is 0 Å². The molecule has 3 aromatic heterocycles. The fourth-order valence-electron chi connectivity index (χ4n) is 3.54. The minimum Gasteiger partial charge on any atom is -0.373 e. The van der Waals surface area contributed by atoms with E-state index < -0.39 is 6.98 Å². The number of amides is 1. The second kappa shape index (κ2) is 7.20. The molecule has 0 radical (unpaired) electrons. The Balaban J connectivity index is 1.74. The van der Waals surface area contributed by atoms with Crippen molar-refractivity contribution in [1.82, 2.24) is 34.9 Å². The number of rotatable bonds is 1. The van der Waals surface area contributed by atoms with E-state index in [9.17, 15) is 4.79 Å². The Morgan fingerprint density at radius 1 is 1.32 bits per heavy atom. The maximum atomic E-state index is 13.0. The van der Waals surface area contributed by atoms with Gasteiger partial charge in [-0.15, -0.1) is 5.10 Å². The third-order valence-electron chi connectivity index (χ3n) is 5.42. The van der Waals surface area contributed by atoms with E-state index in [0.29, 0.717) is 45.1 Å². The van der Waals surface area contributed by atoms with E-state index in [1.165, 1.54) is 10.7 Å². The molecule has 4 bridgehead atoms. The summed E-state index contributed by atoms with van der Waals surface area (Å²) in [4.78, 5) is 17.6. The van der Waals surface area contributed by atoms with Gasteiger partial charge in [0.2, 0.25) is 0 Å². The van der Waals surface area contributed by atoms with Crippen LogP contribution in [0.3, 0.4) is 0 Å². The fraction of sp³-hybridized carbons (Fsp3) is 0.350. The van der Waals surface area contributed by atoms with Gasteiger partial charge in [-0.1, -0.05) is 5.21 Å². The van der Waals surface area contributed by atoms with Crippen molar-refractivity contribution < 1.29 is 13.6 Å². The standard InChI is InChI=1S/C20H23N9O2/c1-10-11(2)31-9-12-5-14(18-15(6-12)28(4)27-26-18)24-16-7-17(21-3)29-19(25-16)13(8-22-29)20(30)23-10/h5-8,10-11,21H,9H2,1-4H3,(H,23,30)(H,24,25)/t10-,11-/m1/s1/i4D3. The van der Waals surface area contributed by atoms with Crippen molar-refractivity contribution >= 4 is 39.9 Å². The smallest absolute Gasteiger partial charge is 0.257 e. The van der Waals surface area contributed by atoms with Crippen LogP contribution in [0.2, 0.25) is 0 Å². The van der Waals surface area contributed by atoms with Gasteiger partial charge in [0.25, 0.3) is 5.91 Å². The number of carbonyl (C=O) groups is 1. The zero-order valence-corrected chi connectivity index (χ0v) is 17.2. The molecule has 11 heteroatoms. The highest BCUT2D eigenvalue weighted by Gasteiger charge is 2.22. The van der Waals surface area contributed by atoms with Gasteiger partial charge in [-0.2, -0.15) is 9.61 Å². The van der Waals surface area contributed by atoms with Crippen LogP contribution in [0.25, 0.3) is 16.7 Å². The summed E-state index contributed by atoms with van der Waals surface area (Å²) in [5.74, 6) is 0.692. The van der Waals surface area contributed by atoms with Crippen molar-refractivity contribution in [2.24, 2.45) is 6.98 Å². The SMILES string of the molecule is [2H]C([2H])([2H])n1nnc2c3cc(cc21)CO[C@H](C)[C@@H](C)NC(=O)c1cnn2c(NC)cc(nc12)N3. The Hall–Kier alpha value is -3.73. The van der Waals surface area contributed by atoms with E-state index in [1.807, 2.05) is 19.9 Å². The van der Waals surface area contributed by atoms with Crippen molar-refractivity contribution in [3.63, 3.8) is 0 Å². The van der Waals surface area contributed by atoms with Gasteiger partial charge in [0.1, 0.15) is 22.7 Å². The molecule has 0 spiro atoms. The lowest BCUT2D eigenvalue weighted by Crippen LogP contribution is -2.41. The van der Waals surface area contributed by atoms with E-state index in [1.54, 1.807) is 19.2 Å². The number of anilines is 3. The number of fused-ring (bicyclic) bond motifs is 5. The average Bonchev–Trinajstić information content (AvgIpc) is 3.40. The number of nitrogens with one attached hydrogen (secondary N) is 3. The number of nitrogens with zero attached hydrogens (tertiary/aromatic N) is 6. The summed E-state index contributed by atoms with van der Waals surface area (Å²) in [7, 11) is 1.74. The molecule has 5 rings (SSSR count). The van der Waals surface area contributed by atoms with E-state index in [2.05, 4.69) is 36.3 Å². The number of carbonyl (C=O) groups excluding carboxylic acids is 1. The molecule has 0 fully saturated rings. The first kappa shape index (κ1) is 16.0. The van der Waals surface area contributed by atoms with E-state index in [-0.39, 0.29) is 24.7 Å². The quantitative estimate of drug-likeness (QED) is 0.423. The lowest BCUT2D eigenvalue weighted by molar-refractivity contribution is 0.0303. The number of aryl methyl sites for hydroxylation is 1. The molecule has 160 valence electrons. The molecule has 11 nitrogen and oxygen atoms in total. The summed E-state index contributed by atoms with van der Waals surface area (Å²) in [6, 6.07) is 4.93. The summed E-state index contributed by atoms with van der Waals surface area (Å²) in [6.07, 6.45) is 1.13. The van der Waals surface area contributed by atoms with Gasteiger partial charge in [0.05, 0.1) is 36.2 Å². The van der Waals surface area contributed by atoms with Crippen LogP contribution >= 0.6 is 0 Å². The molecular formula is C20H23N9O2. The third kappa shape index (κ3) is 3.22. The molecule has 0 saturated heterocycles. The number of benzene rings is 1. The first-order chi connectivity index (χ1) is 16.2.